The number of sulfonamides is 1. The van der Waals surface area contributed by atoms with Gasteiger partial charge in [-0.15, -0.1) is 0 Å². The Morgan fingerprint density at radius 2 is 1.56 bits per heavy atom. The minimum atomic E-state index is -3.69. The lowest BCUT2D eigenvalue weighted by Gasteiger charge is -2.16. The van der Waals surface area contributed by atoms with Crippen LogP contribution in [0.3, 0.4) is 0 Å². The van der Waals surface area contributed by atoms with Gasteiger partial charge in [-0.3, -0.25) is 9.40 Å². The third kappa shape index (κ3) is 4.06. The first kappa shape index (κ1) is 19.2. The highest BCUT2D eigenvalue weighted by Gasteiger charge is 2.22. The summed E-state index contributed by atoms with van der Waals surface area (Å²) in [6.45, 7) is 10.2. The first-order chi connectivity index (χ1) is 12.7. The standard InChI is InChI=1S/C21H25N3O2S/c1-14-6-8-19(9-7-14)12-24-13-20(11-22-24)23-27(25,26)21-17(4)15(2)10-16(3)18(21)5/h6-11,13,23H,12H2,1-5H3. The molecule has 0 amide bonds. The Morgan fingerprint density at radius 1 is 0.963 bits per heavy atom. The van der Waals surface area contributed by atoms with Crippen LogP contribution in [0.2, 0.25) is 0 Å². The van der Waals surface area contributed by atoms with Gasteiger partial charge in [-0.1, -0.05) is 35.9 Å². The highest BCUT2D eigenvalue weighted by atomic mass is 32.2. The number of aromatic nitrogens is 2. The number of nitrogens with one attached hydrogen (secondary N) is 1. The predicted molar refractivity (Wildman–Crippen MR) is 109 cm³/mol. The Bertz CT molecular complexity index is 1060. The molecule has 1 heterocycles. The first-order valence-corrected chi connectivity index (χ1v) is 10.3. The monoisotopic (exact) mass is 383 g/mol. The zero-order valence-corrected chi connectivity index (χ0v) is 17.2. The van der Waals surface area contributed by atoms with E-state index in [2.05, 4.69) is 9.82 Å². The van der Waals surface area contributed by atoms with Gasteiger partial charge in [-0.05, 0) is 62.4 Å². The molecule has 0 bridgehead atoms. The van der Waals surface area contributed by atoms with E-state index < -0.39 is 10.0 Å². The molecule has 27 heavy (non-hydrogen) atoms. The second kappa shape index (κ2) is 7.19. The molecule has 2 aromatic carbocycles. The number of nitrogens with zero attached hydrogens (tertiary/aromatic N) is 2. The molecule has 3 aromatic rings. The Kier molecular flexibility index (Phi) is 5.11. The quantitative estimate of drug-likeness (QED) is 0.715. The van der Waals surface area contributed by atoms with Crippen LogP contribution >= 0.6 is 0 Å². The SMILES string of the molecule is Cc1ccc(Cn2cc(NS(=O)(=O)c3c(C)c(C)cc(C)c3C)cn2)cc1. The Labute approximate surface area is 161 Å². The minimum absolute atomic E-state index is 0.353. The van der Waals surface area contributed by atoms with Gasteiger partial charge in [-0.2, -0.15) is 5.10 Å². The smallest absolute Gasteiger partial charge is 0.262 e. The summed E-state index contributed by atoms with van der Waals surface area (Å²) in [7, 11) is -3.69. The second-order valence-corrected chi connectivity index (χ2v) is 8.73. The van der Waals surface area contributed by atoms with Crippen LogP contribution in [0, 0.1) is 34.6 Å². The van der Waals surface area contributed by atoms with Crippen molar-refractivity contribution in [2.24, 2.45) is 0 Å². The first-order valence-electron chi connectivity index (χ1n) is 8.85. The molecule has 0 aliphatic carbocycles. The minimum Gasteiger partial charge on any atom is -0.276 e. The number of hydrogen-bond acceptors (Lipinski definition) is 3. The maximum atomic E-state index is 13.0. The average molecular weight is 384 g/mol. The van der Waals surface area contributed by atoms with Crippen LogP contribution < -0.4 is 4.72 Å². The molecular formula is C21H25N3O2S. The molecule has 142 valence electrons. The van der Waals surface area contributed by atoms with Crippen molar-refractivity contribution in [1.29, 1.82) is 0 Å². The highest BCUT2D eigenvalue weighted by Crippen LogP contribution is 2.27. The van der Waals surface area contributed by atoms with Gasteiger partial charge in [-0.25, -0.2) is 8.42 Å². The molecule has 6 heteroatoms. The second-order valence-electron chi connectivity index (χ2n) is 7.11. The van der Waals surface area contributed by atoms with Crippen molar-refractivity contribution < 1.29 is 8.42 Å². The molecular weight excluding hydrogens is 358 g/mol. The maximum Gasteiger partial charge on any atom is 0.262 e. The van der Waals surface area contributed by atoms with Crippen molar-refractivity contribution in [2.45, 2.75) is 46.1 Å². The van der Waals surface area contributed by atoms with Gasteiger partial charge in [0.15, 0.2) is 0 Å². The van der Waals surface area contributed by atoms with Crippen molar-refractivity contribution in [1.82, 2.24) is 9.78 Å². The van der Waals surface area contributed by atoms with E-state index in [-0.39, 0.29) is 0 Å². The summed E-state index contributed by atoms with van der Waals surface area (Å²) >= 11 is 0. The van der Waals surface area contributed by atoms with E-state index in [4.69, 9.17) is 0 Å². The van der Waals surface area contributed by atoms with E-state index >= 15 is 0 Å². The van der Waals surface area contributed by atoms with Crippen molar-refractivity contribution in [3.63, 3.8) is 0 Å². The Morgan fingerprint density at radius 3 is 2.15 bits per heavy atom. The summed E-state index contributed by atoms with van der Waals surface area (Å²) in [5.41, 5.74) is 6.25. The van der Waals surface area contributed by atoms with Crippen LogP contribution in [0.25, 0.3) is 0 Å². The van der Waals surface area contributed by atoms with Crippen LogP contribution in [0.15, 0.2) is 47.6 Å². The van der Waals surface area contributed by atoms with E-state index in [0.717, 1.165) is 27.8 Å². The fraction of sp³-hybridized carbons (Fsp3) is 0.286. The van der Waals surface area contributed by atoms with Crippen LogP contribution in [0.5, 0.6) is 0 Å². The Hall–Kier alpha value is -2.60. The van der Waals surface area contributed by atoms with Crippen molar-refractivity contribution >= 4 is 15.7 Å². The van der Waals surface area contributed by atoms with E-state index in [1.54, 1.807) is 17.1 Å². The van der Waals surface area contributed by atoms with Gasteiger partial charge in [0.25, 0.3) is 10.0 Å². The largest absolute Gasteiger partial charge is 0.276 e. The van der Waals surface area contributed by atoms with E-state index in [9.17, 15) is 8.42 Å². The zero-order chi connectivity index (χ0) is 19.8. The molecule has 0 aliphatic rings. The maximum absolute atomic E-state index is 13.0. The fourth-order valence-electron chi connectivity index (χ4n) is 3.17. The van der Waals surface area contributed by atoms with Crippen LogP contribution in [0.4, 0.5) is 5.69 Å². The Balaban J connectivity index is 1.86. The third-order valence-corrected chi connectivity index (χ3v) is 6.57. The van der Waals surface area contributed by atoms with Crippen molar-refractivity contribution in [2.75, 3.05) is 4.72 Å². The van der Waals surface area contributed by atoms with Gasteiger partial charge in [0.1, 0.15) is 0 Å². The molecule has 3 rings (SSSR count). The molecule has 0 spiro atoms. The molecule has 0 aliphatic heterocycles. The van der Waals surface area contributed by atoms with Crippen molar-refractivity contribution in [3.8, 4) is 0 Å². The van der Waals surface area contributed by atoms with Crippen LogP contribution in [0.1, 0.15) is 33.4 Å². The fourth-order valence-corrected chi connectivity index (χ4v) is 4.82. The van der Waals surface area contributed by atoms with Crippen molar-refractivity contribution in [3.05, 3.63) is 76.1 Å². The third-order valence-electron chi connectivity index (χ3n) is 4.92. The van der Waals surface area contributed by atoms with Crippen LogP contribution in [-0.2, 0) is 16.6 Å². The normalized spacial score (nSPS) is 11.6. The lowest BCUT2D eigenvalue weighted by atomic mass is 10.0. The predicted octanol–water partition coefficient (Wildman–Crippen LogP) is 4.27. The zero-order valence-electron chi connectivity index (χ0n) is 16.4. The number of benzene rings is 2. The van der Waals surface area contributed by atoms with Gasteiger partial charge in [0.05, 0.1) is 23.3 Å². The summed E-state index contributed by atoms with van der Waals surface area (Å²) < 4.78 is 30.4. The molecule has 0 radical (unpaired) electrons. The number of rotatable bonds is 5. The summed E-state index contributed by atoms with van der Waals surface area (Å²) in [6.07, 6.45) is 3.25. The molecule has 0 fully saturated rings. The van der Waals surface area contributed by atoms with E-state index in [0.29, 0.717) is 17.1 Å². The summed E-state index contributed by atoms with van der Waals surface area (Å²) in [5.74, 6) is 0. The van der Waals surface area contributed by atoms with E-state index in [1.807, 2.05) is 65.0 Å². The van der Waals surface area contributed by atoms with E-state index in [1.165, 1.54) is 5.56 Å². The molecule has 0 saturated carbocycles. The molecule has 1 N–H and O–H groups in total. The molecule has 0 saturated heterocycles. The van der Waals surface area contributed by atoms with Gasteiger partial charge < -0.3 is 0 Å². The molecule has 5 nitrogen and oxygen atoms in total. The molecule has 0 atom stereocenters. The molecule has 1 aromatic heterocycles. The summed E-state index contributed by atoms with van der Waals surface area (Å²) in [4.78, 5) is 0.353. The lowest BCUT2D eigenvalue weighted by molar-refractivity contribution is 0.599. The number of anilines is 1. The lowest BCUT2D eigenvalue weighted by Crippen LogP contribution is -2.16. The van der Waals surface area contributed by atoms with Crippen LogP contribution in [-0.4, -0.2) is 18.2 Å². The van der Waals surface area contributed by atoms with Gasteiger partial charge >= 0.3 is 0 Å². The summed E-state index contributed by atoms with van der Waals surface area (Å²) in [5, 5.41) is 4.28. The summed E-state index contributed by atoms with van der Waals surface area (Å²) in [6, 6.07) is 10.2. The van der Waals surface area contributed by atoms with Gasteiger partial charge in [0.2, 0.25) is 0 Å². The number of hydrogen-bond donors (Lipinski definition) is 1. The number of aryl methyl sites for hydroxylation is 3. The average Bonchev–Trinajstić information content (AvgIpc) is 3.01. The topological polar surface area (TPSA) is 64.0 Å². The molecule has 0 unspecified atom stereocenters. The van der Waals surface area contributed by atoms with Gasteiger partial charge in [0, 0.05) is 6.20 Å². The highest BCUT2D eigenvalue weighted by molar-refractivity contribution is 7.92.